The Kier molecular flexibility index (Phi) is 5.19. The first-order chi connectivity index (χ1) is 13.4. The van der Waals surface area contributed by atoms with Gasteiger partial charge in [-0.1, -0.05) is 23.8 Å². The number of nitrogens with zero attached hydrogens (tertiary/aromatic N) is 1. The van der Waals surface area contributed by atoms with Gasteiger partial charge in [-0.3, -0.25) is 19.7 Å². The van der Waals surface area contributed by atoms with Gasteiger partial charge in [0.2, 0.25) is 0 Å². The number of ketones is 1. The third-order valence-electron chi connectivity index (χ3n) is 5.80. The number of hydrogen-bond donors (Lipinski definition) is 1. The number of aryl methyl sites for hydroxylation is 2. The summed E-state index contributed by atoms with van der Waals surface area (Å²) in [5.74, 6) is -0.728. The zero-order valence-electron chi connectivity index (χ0n) is 16.1. The van der Waals surface area contributed by atoms with Crippen molar-refractivity contribution >= 4 is 44.3 Å². The zero-order chi connectivity index (χ0) is 19.8. The number of anilines is 1. The Morgan fingerprint density at radius 2 is 1.93 bits per heavy atom. The number of amides is 1. The Balaban J connectivity index is 1.33. The number of Topliss-reactive ketones (excluding diaryl/α,β-unsaturated/α-hetero) is 1. The van der Waals surface area contributed by atoms with E-state index in [9.17, 15) is 14.4 Å². The Morgan fingerprint density at radius 1 is 1.21 bits per heavy atom. The first kappa shape index (κ1) is 19.1. The molecule has 0 spiro atoms. The number of rotatable bonds is 4. The van der Waals surface area contributed by atoms with Crippen molar-refractivity contribution in [2.75, 3.05) is 11.9 Å². The average Bonchev–Trinajstić information content (AvgIpc) is 3.02. The van der Waals surface area contributed by atoms with Crippen LogP contribution in [0.5, 0.6) is 0 Å². The van der Waals surface area contributed by atoms with Gasteiger partial charge in [0.25, 0.3) is 5.91 Å². The molecule has 2 saturated carbocycles. The number of ether oxygens (including phenoxy) is 1. The second-order valence-electron chi connectivity index (χ2n) is 8.00. The normalized spacial score (nSPS) is 24.2. The predicted molar refractivity (Wildman–Crippen MR) is 107 cm³/mol. The molecule has 4 rings (SSSR count). The summed E-state index contributed by atoms with van der Waals surface area (Å²) in [7, 11) is 0. The van der Waals surface area contributed by atoms with Crippen LogP contribution in [0.25, 0.3) is 10.2 Å². The van der Waals surface area contributed by atoms with Crippen molar-refractivity contribution < 1.29 is 19.1 Å². The SMILES string of the molecule is Cc1cc(C)c2nc(NC(=O)COC(=O)C3CC4CCCC(C3)C4=O)sc2c1. The van der Waals surface area contributed by atoms with Gasteiger partial charge in [0.05, 0.1) is 16.1 Å². The highest BCUT2D eigenvalue weighted by Gasteiger charge is 2.41. The molecule has 1 N–H and O–H groups in total. The molecule has 2 fully saturated rings. The molecule has 6 nitrogen and oxygen atoms in total. The van der Waals surface area contributed by atoms with Crippen LogP contribution in [-0.2, 0) is 19.1 Å². The Bertz CT molecular complexity index is 935. The summed E-state index contributed by atoms with van der Waals surface area (Å²) in [6, 6.07) is 4.09. The topological polar surface area (TPSA) is 85.4 Å². The number of benzene rings is 1. The Labute approximate surface area is 167 Å². The quantitative estimate of drug-likeness (QED) is 0.789. The molecule has 2 aromatic rings. The molecule has 1 heterocycles. The maximum absolute atomic E-state index is 12.4. The van der Waals surface area contributed by atoms with Gasteiger partial charge in [-0.15, -0.1) is 0 Å². The third kappa shape index (κ3) is 3.81. The van der Waals surface area contributed by atoms with E-state index < -0.39 is 5.91 Å². The minimum absolute atomic E-state index is 0.00618. The second kappa shape index (κ2) is 7.62. The van der Waals surface area contributed by atoms with Crippen LogP contribution in [0.1, 0.15) is 43.2 Å². The lowest BCUT2D eigenvalue weighted by atomic mass is 9.67. The van der Waals surface area contributed by atoms with Gasteiger partial charge in [0.1, 0.15) is 5.78 Å². The molecule has 1 aromatic heterocycles. The van der Waals surface area contributed by atoms with Crippen molar-refractivity contribution in [1.29, 1.82) is 0 Å². The largest absolute Gasteiger partial charge is 0.455 e. The van der Waals surface area contributed by atoms with E-state index in [1.807, 2.05) is 19.9 Å². The molecule has 148 valence electrons. The molecular weight excluding hydrogens is 376 g/mol. The van der Waals surface area contributed by atoms with E-state index >= 15 is 0 Å². The lowest BCUT2D eigenvalue weighted by Crippen LogP contribution is -2.40. The summed E-state index contributed by atoms with van der Waals surface area (Å²) in [6.07, 6.45) is 3.93. The Hall–Kier alpha value is -2.28. The minimum Gasteiger partial charge on any atom is -0.455 e. The smallest absolute Gasteiger partial charge is 0.309 e. The fourth-order valence-corrected chi connectivity index (χ4v) is 5.56. The number of nitrogens with one attached hydrogen (secondary N) is 1. The number of aromatic nitrogens is 1. The van der Waals surface area contributed by atoms with Crippen molar-refractivity contribution in [1.82, 2.24) is 4.98 Å². The van der Waals surface area contributed by atoms with E-state index in [-0.39, 0.29) is 30.3 Å². The van der Waals surface area contributed by atoms with Crippen LogP contribution in [0.2, 0.25) is 0 Å². The summed E-state index contributed by atoms with van der Waals surface area (Å²) in [4.78, 5) is 41.2. The van der Waals surface area contributed by atoms with Crippen LogP contribution < -0.4 is 5.32 Å². The fourth-order valence-electron chi connectivity index (χ4n) is 4.51. The fraction of sp³-hybridized carbons (Fsp3) is 0.524. The van der Waals surface area contributed by atoms with Crippen LogP contribution in [-0.4, -0.2) is 29.3 Å². The summed E-state index contributed by atoms with van der Waals surface area (Å²) in [5, 5.41) is 3.22. The lowest BCUT2D eigenvalue weighted by molar-refractivity contribution is -0.155. The van der Waals surface area contributed by atoms with Crippen molar-refractivity contribution in [2.45, 2.75) is 46.0 Å². The molecule has 28 heavy (non-hydrogen) atoms. The molecule has 7 heteroatoms. The van der Waals surface area contributed by atoms with Crippen LogP contribution in [0.3, 0.4) is 0 Å². The average molecular weight is 401 g/mol. The molecule has 2 bridgehead atoms. The van der Waals surface area contributed by atoms with E-state index in [1.54, 1.807) is 0 Å². The molecule has 2 aliphatic rings. The highest BCUT2D eigenvalue weighted by atomic mass is 32.1. The maximum atomic E-state index is 12.4. The first-order valence-corrected chi connectivity index (χ1v) is 10.6. The van der Waals surface area contributed by atoms with Gasteiger partial charge in [0.15, 0.2) is 11.7 Å². The van der Waals surface area contributed by atoms with Gasteiger partial charge >= 0.3 is 5.97 Å². The maximum Gasteiger partial charge on any atom is 0.309 e. The predicted octanol–water partition coefficient (Wildman–Crippen LogP) is 3.79. The van der Waals surface area contributed by atoms with Crippen LogP contribution in [0, 0.1) is 31.6 Å². The van der Waals surface area contributed by atoms with Crippen molar-refractivity contribution in [3.05, 3.63) is 23.3 Å². The van der Waals surface area contributed by atoms with E-state index in [0.29, 0.717) is 23.8 Å². The van der Waals surface area contributed by atoms with Crippen LogP contribution in [0.4, 0.5) is 5.13 Å². The molecule has 2 atom stereocenters. The van der Waals surface area contributed by atoms with Gasteiger partial charge in [-0.25, -0.2) is 4.98 Å². The zero-order valence-corrected chi connectivity index (χ0v) is 16.9. The summed E-state index contributed by atoms with van der Waals surface area (Å²) in [6.45, 7) is 3.69. The number of fused-ring (bicyclic) bond motifs is 3. The molecule has 1 amide bonds. The van der Waals surface area contributed by atoms with Crippen molar-refractivity contribution in [3.8, 4) is 0 Å². The second-order valence-corrected chi connectivity index (χ2v) is 9.03. The van der Waals surface area contributed by atoms with Crippen molar-refractivity contribution in [3.63, 3.8) is 0 Å². The number of carbonyl (C=O) groups excluding carboxylic acids is 3. The van der Waals surface area contributed by atoms with Gasteiger partial charge in [-0.05, 0) is 56.7 Å². The summed E-state index contributed by atoms with van der Waals surface area (Å²) in [5.41, 5.74) is 3.09. The number of carbonyl (C=O) groups is 3. The van der Waals surface area contributed by atoms with Crippen LogP contribution in [0.15, 0.2) is 12.1 Å². The molecular formula is C21H24N2O4S. The molecule has 2 unspecified atom stereocenters. The number of thiazole rings is 1. The highest BCUT2D eigenvalue weighted by molar-refractivity contribution is 7.22. The van der Waals surface area contributed by atoms with Crippen molar-refractivity contribution in [2.24, 2.45) is 17.8 Å². The van der Waals surface area contributed by atoms with E-state index in [0.717, 1.165) is 40.6 Å². The number of hydrogen-bond acceptors (Lipinski definition) is 6. The Morgan fingerprint density at radius 3 is 2.64 bits per heavy atom. The van der Waals surface area contributed by atoms with Gasteiger partial charge in [-0.2, -0.15) is 0 Å². The molecule has 0 aliphatic heterocycles. The number of esters is 1. The van der Waals surface area contributed by atoms with Gasteiger partial charge < -0.3 is 4.74 Å². The lowest BCUT2D eigenvalue weighted by Gasteiger charge is -2.36. The molecule has 0 radical (unpaired) electrons. The standard InChI is InChI=1S/C21H24N2O4S/c1-11-6-12(2)18-16(7-11)28-21(23-18)22-17(24)10-27-20(26)15-8-13-4-3-5-14(9-15)19(13)25/h6-7,13-15H,3-5,8-10H2,1-2H3,(H,22,23,24). The molecule has 0 saturated heterocycles. The highest BCUT2D eigenvalue weighted by Crippen LogP contribution is 2.40. The summed E-state index contributed by atoms with van der Waals surface area (Å²) < 4.78 is 6.26. The first-order valence-electron chi connectivity index (χ1n) is 9.78. The van der Waals surface area contributed by atoms with E-state index in [1.165, 1.54) is 11.3 Å². The van der Waals surface area contributed by atoms with Gasteiger partial charge in [0, 0.05) is 11.8 Å². The molecule has 2 aliphatic carbocycles. The van der Waals surface area contributed by atoms with Crippen LogP contribution >= 0.6 is 11.3 Å². The summed E-state index contributed by atoms with van der Waals surface area (Å²) >= 11 is 1.41. The molecule has 1 aromatic carbocycles. The van der Waals surface area contributed by atoms with E-state index in [2.05, 4.69) is 16.4 Å². The third-order valence-corrected chi connectivity index (χ3v) is 6.72. The monoisotopic (exact) mass is 400 g/mol. The van der Waals surface area contributed by atoms with E-state index in [4.69, 9.17) is 4.74 Å². The minimum atomic E-state index is -0.395.